The van der Waals surface area contributed by atoms with Crippen LogP contribution in [0.5, 0.6) is 0 Å². The van der Waals surface area contributed by atoms with Crippen molar-refractivity contribution in [2.45, 2.75) is 12.8 Å². The molecule has 0 spiro atoms. The van der Waals surface area contributed by atoms with Crippen molar-refractivity contribution in [1.29, 1.82) is 0 Å². The van der Waals surface area contributed by atoms with Gasteiger partial charge in [-0.05, 0) is 11.6 Å². The SMILES string of the molecule is C[NH+](C)CCCN(C(=O)Cc1ccccc1)c1nc2c(F)cc(F)cc2s1. The van der Waals surface area contributed by atoms with Crippen molar-refractivity contribution in [1.82, 2.24) is 4.98 Å². The van der Waals surface area contributed by atoms with E-state index in [0.29, 0.717) is 16.4 Å². The molecular formula is C20H22F2N3OS+. The normalized spacial score (nSPS) is 11.3. The van der Waals surface area contributed by atoms with Gasteiger partial charge < -0.3 is 4.90 Å². The summed E-state index contributed by atoms with van der Waals surface area (Å²) < 4.78 is 27.9. The molecule has 1 heterocycles. The van der Waals surface area contributed by atoms with Gasteiger partial charge in [-0.3, -0.25) is 9.69 Å². The van der Waals surface area contributed by atoms with Crippen LogP contribution in [0, 0.1) is 11.6 Å². The highest BCUT2D eigenvalue weighted by Crippen LogP contribution is 2.31. The molecule has 0 fully saturated rings. The van der Waals surface area contributed by atoms with E-state index in [0.717, 1.165) is 35.9 Å². The fraction of sp³-hybridized carbons (Fsp3) is 0.300. The highest BCUT2D eigenvalue weighted by atomic mass is 32.1. The molecule has 0 saturated carbocycles. The standard InChI is InChI=1S/C20H21F2N3OS/c1-24(2)9-6-10-25(18(26)11-14-7-4-3-5-8-14)20-23-19-16(22)12-15(21)13-17(19)27-20/h3-5,7-8,12-13H,6,9-11H2,1-2H3/p+1. The molecule has 0 atom stereocenters. The highest BCUT2D eigenvalue weighted by Gasteiger charge is 2.21. The van der Waals surface area contributed by atoms with E-state index in [1.807, 2.05) is 44.4 Å². The first-order chi connectivity index (χ1) is 12.9. The molecule has 0 aliphatic carbocycles. The molecule has 2 aromatic carbocycles. The van der Waals surface area contributed by atoms with Crippen LogP contribution in [0.2, 0.25) is 0 Å². The van der Waals surface area contributed by atoms with Crippen molar-refractivity contribution < 1.29 is 18.5 Å². The summed E-state index contributed by atoms with van der Waals surface area (Å²) in [6, 6.07) is 11.5. The second-order valence-corrected chi connectivity index (χ2v) is 7.76. The predicted molar refractivity (Wildman–Crippen MR) is 104 cm³/mol. The highest BCUT2D eigenvalue weighted by molar-refractivity contribution is 7.22. The van der Waals surface area contributed by atoms with Crippen molar-refractivity contribution in [3.63, 3.8) is 0 Å². The lowest BCUT2D eigenvalue weighted by Gasteiger charge is -2.20. The van der Waals surface area contributed by atoms with E-state index in [-0.39, 0.29) is 17.8 Å². The van der Waals surface area contributed by atoms with Gasteiger partial charge in [0.2, 0.25) is 5.91 Å². The van der Waals surface area contributed by atoms with Crippen molar-refractivity contribution in [2.24, 2.45) is 0 Å². The molecule has 3 rings (SSSR count). The van der Waals surface area contributed by atoms with Gasteiger partial charge in [0.25, 0.3) is 0 Å². The number of benzene rings is 2. The summed E-state index contributed by atoms with van der Waals surface area (Å²) in [5, 5.41) is 0.407. The van der Waals surface area contributed by atoms with Crippen LogP contribution in [0.15, 0.2) is 42.5 Å². The number of hydrogen-bond acceptors (Lipinski definition) is 3. The lowest BCUT2D eigenvalue weighted by Crippen LogP contribution is -3.05. The quantitative estimate of drug-likeness (QED) is 0.674. The third kappa shape index (κ3) is 4.87. The second-order valence-electron chi connectivity index (χ2n) is 6.75. The predicted octanol–water partition coefficient (Wildman–Crippen LogP) is 2.68. The Morgan fingerprint density at radius 3 is 2.63 bits per heavy atom. The average Bonchev–Trinajstić information content (AvgIpc) is 3.03. The zero-order chi connectivity index (χ0) is 19.4. The van der Waals surface area contributed by atoms with Crippen LogP contribution in [0.3, 0.4) is 0 Å². The summed E-state index contributed by atoms with van der Waals surface area (Å²) in [5.74, 6) is -1.45. The van der Waals surface area contributed by atoms with Crippen LogP contribution in [-0.2, 0) is 11.2 Å². The molecule has 1 aromatic heterocycles. The van der Waals surface area contributed by atoms with Crippen LogP contribution >= 0.6 is 11.3 Å². The van der Waals surface area contributed by atoms with Gasteiger partial charge in [-0.25, -0.2) is 13.8 Å². The number of amides is 1. The second kappa shape index (κ2) is 8.54. The first-order valence-electron chi connectivity index (χ1n) is 8.83. The molecule has 3 aromatic rings. The Balaban J connectivity index is 1.89. The molecule has 27 heavy (non-hydrogen) atoms. The summed E-state index contributed by atoms with van der Waals surface area (Å²) >= 11 is 1.14. The number of aromatic nitrogens is 1. The average molecular weight is 390 g/mol. The van der Waals surface area contributed by atoms with Crippen LogP contribution < -0.4 is 9.80 Å². The maximum absolute atomic E-state index is 14.0. The summed E-state index contributed by atoms with van der Waals surface area (Å²) in [6.07, 6.45) is 1.03. The first kappa shape index (κ1) is 19.4. The van der Waals surface area contributed by atoms with Crippen molar-refractivity contribution in [2.75, 3.05) is 32.1 Å². The van der Waals surface area contributed by atoms with Crippen molar-refractivity contribution in [3.05, 3.63) is 59.7 Å². The van der Waals surface area contributed by atoms with Crippen LogP contribution in [0.1, 0.15) is 12.0 Å². The topological polar surface area (TPSA) is 37.6 Å². The van der Waals surface area contributed by atoms with Gasteiger partial charge >= 0.3 is 0 Å². The number of carbonyl (C=O) groups is 1. The van der Waals surface area contributed by atoms with E-state index in [1.54, 1.807) is 4.90 Å². The lowest BCUT2D eigenvalue weighted by molar-refractivity contribution is -0.858. The monoisotopic (exact) mass is 390 g/mol. The fourth-order valence-electron chi connectivity index (χ4n) is 2.84. The van der Waals surface area contributed by atoms with Crippen molar-refractivity contribution >= 4 is 32.6 Å². The number of nitrogens with one attached hydrogen (secondary N) is 1. The molecule has 0 aliphatic heterocycles. The summed E-state index contributed by atoms with van der Waals surface area (Å²) in [4.78, 5) is 20.1. The van der Waals surface area contributed by atoms with Gasteiger partial charge in [-0.15, -0.1) is 0 Å². The van der Waals surface area contributed by atoms with Crippen LogP contribution in [0.25, 0.3) is 10.2 Å². The Morgan fingerprint density at radius 2 is 1.93 bits per heavy atom. The summed E-state index contributed by atoms with van der Waals surface area (Å²) in [7, 11) is 4.10. The van der Waals surface area contributed by atoms with Gasteiger partial charge in [0.05, 0.1) is 31.8 Å². The molecule has 0 aliphatic rings. The molecule has 0 unspecified atom stereocenters. The molecule has 4 nitrogen and oxygen atoms in total. The molecule has 0 bridgehead atoms. The van der Waals surface area contributed by atoms with Gasteiger partial charge in [-0.1, -0.05) is 41.7 Å². The number of hydrogen-bond donors (Lipinski definition) is 1. The molecular weight excluding hydrogens is 368 g/mol. The Bertz CT molecular complexity index is 928. The fourth-order valence-corrected chi connectivity index (χ4v) is 3.89. The van der Waals surface area contributed by atoms with Crippen molar-refractivity contribution in [3.8, 4) is 0 Å². The minimum atomic E-state index is -0.708. The number of nitrogens with zero attached hydrogens (tertiary/aromatic N) is 2. The van der Waals surface area contributed by atoms with E-state index < -0.39 is 11.6 Å². The summed E-state index contributed by atoms with van der Waals surface area (Å²) in [5.41, 5.74) is 1.01. The lowest BCUT2D eigenvalue weighted by atomic mass is 10.1. The third-order valence-corrected chi connectivity index (χ3v) is 5.22. The van der Waals surface area contributed by atoms with E-state index in [1.165, 1.54) is 11.0 Å². The number of carbonyl (C=O) groups excluding carboxylic acids is 1. The van der Waals surface area contributed by atoms with Gasteiger partial charge in [0.15, 0.2) is 10.9 Å². The number of halogens is 2. The molecule has 142 valence electrons. The summed E-state index contributed by atoms with van der Waals surface area (Å²) in [6.45, 7) is 1.38. The Hall–Kier alpha value is -2.38. The molecule has 0 radical (unpaired) electrons. The van der Waals surface area contributed by atoms with Gasteiger partial charge in [-0.2, -0.15) is 0 Å². The molecule has 1 amide bonds. The van der Waals surface area contributed by atoms with E-state index in [2.05, 4.69) is 4.98 Å². The minimum Gasteiger partial charge on any atom is -0.340 e. The van der Waals surface area contributed by atoms with Gasteiger partial charge in [0.1, 0.15) is 11.3 Å². The van der Waals surface area contributed by atoms with E-state index in [4.69, 9.17) is 0 Å². The largest absolute Gasteiger partial charge is 0.340 e. The number of quaternary nitrogens is 1. The zero-order valence-corrected chi connectivity index (χ0v) is 16.2. The maximum Gasteiger partial charge on any atom is 0.233 e. The molecule has 7 heteroatoms. The van der Waals surface area contributed by atoms with Crippen LogP contribution in [0.4, 0.5) is 13.9 Å². The first-order valence-corrected chi connectivity index (χ1v) is 9.64. The van der Waals surface area contributed by atoms with Crippen LogP contribution in [-0.4, -0.2) is 38.1 Å². The smallest absolute Gasteiger partial charge is 0.233 e. The molecule has 0 saturated heterocycles. The number of anilines is 1. The maximum atomic E-state index is 14.0. The third-order valence-electron chi connectivity index (χ3n) is 4.19. The number of thiazole rings is 1. The van der Waals surface area contributed by atoms with E-state index in [9.17, 15) is 13.6 Å². The Morgan fingerprint density at radius 1 is 1.19 bits per heavy atom. The molecule has 1 N–H and O–H groups in total. The Kier molecular flexibility index (Phi) is 6.13. The van der Waals surface area contributed by atoms with E-state index >= 15 is 0 Å². The number of fused-ring (bicyclic) bond motifs is 1. The van der Waals surface area contributed by atoms with Gasteiger partial charge in [0, 0.05) is 19.0 Å². The number of rotatable bonds is 7. The zero-order valence-electron chi connectivity index (χ0n) is 15.3. The Labute approximate surface area is 161 Å². The minimum absolute atomic E-state index is 0.102.